The van der Waals surface area contributed by atoms with Crippen LogP contribution in [-0.4, -0.2) is 17.9 Å². The first-order valence-corrected chi connectivity index (χ1v) is 2.28. The van der Waals surface area contributed by atoms with Gasteiger partial charge in [-0.15, -0.1) is 11.6 Å². The molecule has 0 heterocycles. The molecule has 0 saturated carbocycles. The lowest BCUT2D eigenvalue weighted by atomic mass is 10.4. The Labute approximate surface area is 46.5 Å². The van der Waals surface area contributed by atoms with Crippen LogP contribution in [0.3, 0.4) is 0 Å². The van der Waals surface area contributed by atoms with Gasteiger partial charge >= 0.3 is 0 Å². The highest BCUT2D eigenvalue weighted by Crippen LogP contribution is 1.92. The van der Waals surface area contributed by atoms with E-state index < -0.39 is 5.38 Å². The molecule has 0 rings (SSSR count). The summed E-state index contributed by atoms with van der Waals surface area (Å²) in [6.45, 7) is 0. The van der Waals surface area contributed by atoms with E-state index in [1.54, 1.807) is 0 Å². The summed E-state index contributed by atoms with van der Waals surface area (Å²) >= 11 is 5.17. The number of carbonyl (C=O) groups is 2. The zero-order valence-electron chi connectivity index (χ0n) is 3.63. The van der Waals surface area contributed by atoms with E-state index in [2.05, 4.69) is 0 Å². The van der Waals surface area contributed by atoms with Crippen molar-refractivity contribution in [2.75, 3.05) is 0 Å². The summed E-state index contributed by atoms with van der Waals surface area (Å²) in [7, 11) is 0. The second-order valence-electron chi connectivity index (χ2n) is 1.05. The van der Waals surface area contributed by atoms with E-state index >= 15 is 0 Å². The molecule has 0 aromatic rings. The largest absolute Gasteiger partial charge is 0.303 e. The third-order valence-corrected chi connectivity index (χ3v) is 0.750. The number of rotatable bonds is 3. The number of carbonyl (C=O) groups excluding carboxylic acids is 2. The Morgan fingerprint density at radius 3 is 2.29 bits per heavy atom. The van der Waals surface area contributed by atoms with Crippen molar-refractivity contribution in [1.29, 1.82) is 0 Å². The van der Waals surface area contributed by atoms with Crippen molar-refractivity contribution in [2.45, 2.75) is 11.8 Å². The summed E-state index contributed by atoms with van der Waals surface area (Å²) in [5, 5.41) is -0.627. The second kappa shape index (κ2) is 3.81. The normalized spacial score (nSPS) is 12.7. The molecule has 0 bridgehead atoms. The molecular weight excluding hydrogens is 115 g/mol. The Morgan fingerprint density at radius 2 is 2.14 bits per heavy atom. The molecular formula is C4H5ClO2. The minimum atomic E-state index is -0.627. The lowest BCUT2D eigenvalue weighted by Crippen LogP contribution is -1.98. The maximum atomic E-state index is 9.60. The van der Waals surface area contributed by atoms with Crippen LogP contribution < -0.4 is 0 Å². The molecule has 1 unspecified atom stereocenters. The monoisotopic (exact) mass is 120 g/mol. The maximum Gasteiger partial charge on any atom is 0.138 e. The first kappa shape index (κ1) is 6.63. The van der Waals surface area contributed by atoms with Crippen LogP contribution in [0.5, 0.6) is 0 Å². The van der Waals surface area contributed by atoms with Gasteiger partial charge in [-0.05, 0) is 0 Å². The minimum Gasteiger partial charge on any atom is -0.303 e. The molecule has 7 heavy (non-hydrogen) atoms. The van der Waals surface area contributed by atoms with Gasteiger partial charge in [-0.2, -0.15) is 0 Å². The van der Waals surface area contributed by atoms with Gasteiger partial charge in [-0.25, -0.2) is 0 Å². The lowest BCUT2D eigenvalue weighted by Gasteiger charge is -1.86. The average molecular weight is 121 g/mol. The van der Waals surface area contributed by atoms with Crippen LogP contribution in [0.25, 0.3) is 0 Å². The molecule has 0 fully saturated rings. The number of aldehydes is 2. The molecule has 0 radical (unpaired) electrons. The maximum absolute atomic E-state index is 9.60. The van der Waals surface area contributed by atoms with Gasteiger partial charge in [-0.1, -0.05) is 0 Å². The molecule has 0 aliphatic rings. The third-order valence-electron chi connectivity index (χ3n) is 0.469. The van der Waals surface area contributed by atoms with Crippen LogP contribution in [0.2, 0.25) is 0 Å². The Balaban J connectivity index is 3.15. The topological polar surface area (TPSA) is 34.1 Å². The smallest absolute Gasteiger partial charge is 0.138 e. The van der Waals surface area contributed by atoms with E-state index in [9.17, 15) is 9.59 Å². The summed E-state index contributed by atoms with van der Waals surface area (Å²) in [6.07, 6.45) is 1.27. The number of alkyl halides is 1. The van der Waals surface area contributed by atoms with Crippen molar-refractivity contribution in [3.63, 3.8) is 0 Å². The summed E-state index contributed by atoms with van der Waals surface area (Å²) in [5.74, 6) is 0. The van der Waals surface area contributed by atoms with Crippen LogP contribution in [0.4, 0.5) is 0 Å². The van der Waals surface area contributed by atoms with E-state index in [4.69, 9.17) is 11.6 Å². The van der Waals surface area contributed by atoms with Crippen LogP contribution in [0, 0.1) is 0 Å². The summed E-state index contributed by atoms with van der Waals surface area (Å²) in [5.41, 5.74) is 0. The van der Waals surface area contributed by atoms with Crippen molar-refractivity contribution in [3.8, 4) is 0 Å². The second-order valence-corrected chi connectivity index (χ2v) is 1.62. The summed E-state index contributed by atoms with van der Waals surface area (Å²) in [6, 6.07) is 0. The van der Waals surface area contributed by atoms with E-state index in [1.165, 1.54) is 0 Å². The first-order valence-electron chi connectivity index (χ1n) is 1.84. The highest BCUT2D eigenvalue weighted by atomic mass is 35.5. The molecule has 40 valence electrons. The van der Waals surface area contributed by atoms with Crippen molar-refractivity contribution < 1.29 is 9.59 Å². The Kier molecular flexibility index (Phi) is 3.61. The fourth-order valence-corrected chi connectivity index (χ4v) is 0.220. The Morgan fingerprint density at radius 1 is 1.57 bits per heavy atom. The first-order chi connectivity index (χ1) is 3.31. The van der Waals surface area contributed by atoms with E-state index in [0.29, 0.717) is 12.6 Å². The Bertz CT molecular complexity index is 72.1. The fourth-order valence-electron chi connectivity index (χ4n) is 0.147. The molecule has 0 N–H and O–H groups in total. The van der Waals surface area contributed by atoms with E-state index in [0.717, 1.165) is 0 Å². The predicted octanol–water partition coefficient (Wildman–Crippen LogP) is 0.382. The molecule has 2 nitrogen and oxygen atoms in total. The average Bonchev–Trinajstić information content (AvgIpc) is 1.68. The van der Waals surface area contributed by atoms with E-state index in [1.807, 2.05) is 0 Å². The molecule has 0 aliphatic carbocycles. The molecule has 0 aliphatic heterocycles. The lowest BCUT2D eigenvalue weighted by molar-refractivity contribution is -0.112. The van der Waals surface area contributed by atoms with Gasteiger partial charge in [0.2, 0.25) is 0 Å². The van der Waals surface area contributed by atoms with Gasteiger partial charge in [0.15, 0.2) is 0 Å². The number of hydrogen-bond donors (Lipinski definition) is 0. The predicted molar refractivity (Wildman–Crippen MR) is 26.4 cm³/mol. The van der Waals surface area contributed by atoms with Gasteiger partial charge in [0.25, 0.3) is 0 Å². The molecule has 0 saturated heterocycles. The quantitative estimate of drug-likeness (QED) is 0.399. The van der Waals surface area contributed by atoms with E-state index in [-0.39, 0.29) is 6.42 Å². The molecule has 0 aromatic carbocycles. The van der Waals surface area contributed by atoms with Crippen molar-refractivity contribution >= 4 is 24.2 Å². The molecule has 1 atom stereocenters. The summed E-state index contributed by atoms with van der Waals surface area (Å²) in [4.78, 5) is 19.1. The van der Waals surface area contributed by atoms with Gasteiger partial charge < -0.3 is 9.59 Å². The van der Waals surface area contributed by atoms with Gasteiger partial charge in [0.1, 0.15) is 12.6 Å². The third kappa shape index (κ3) is 3.46. The van der Waals surface area contributed by atoms with Crippen molar-refractivity contribution in [2.24, 2.45) is 0 Å². The van der Waals surface area contributed by atoms with Crippen molar-refractivity contribution in [1.82, 2.24) is 0 Å². The number of halogens is 1. The zero-order valence-corrected chi connectivity index (χ0v) is 4.39. The van der Waals surface area contributed by atoms with Crippen LogP contribution in [-0.2, 0) is 9.59 Å². The van der Waals surface area contributed by atoms with Gasteiger partial charge in [0.05, 0.1) is 5.38 Å². The molecule has 3 heteroatoms. The van der Waals surface area contributed by atoms with Crippen LogP contribution in [0.15, 0.2) is 0 Å². The molecule has 0 spiro atoms. The van der Waals surface area contributed by atoms with Crippen molar-refractivity contribution in [3.05, 3.63) is 0 Å². The Hall–Kier alpha value is -0.370. The highest BCUT2D eigenvalue weighted by Gasteiger charge is 1.96. The zero-order chi connectivity index (χ0) is 5.70. The van der Waals surface area contributed by atoms with Crippen LogP contribution in [0.1, 0.15) is 6.42 Å². The fraction of sp³-hybridized carbons (Fsp3) is 0.500. The minimum absolute atomic E-state index is 0.116. The SMILES string of the molecule is O=CCC(Cl)C=O. The molecule has 0 aromatic heterocycles. The molecule has 0 amide bonds. The van der Waals surface area contributed by atoms with Gasteiger partial charge in [-0.3, -0.25) is 0 Å². The standard InChI is InChI=1S/C4H5ClO2/c5-4(3-7)1-2-6/h2-4H,1H2. The highest BCUT2D eigenvalue weighted by molar-refractivity contribution is 6.28. The summed E-state index contributed by atoms with van der Waals surface area (Å²) < 4.78 is 0. The van der Waals surface area contributed by atoms with Gasteiger partial charge in [0, 0.05) is 6.42 Å². The number of hydrogen-bond acceptors (Lipinski definition) is 2. The van der Waals surface area contributed by atoms with Crippen LogP contribution >= 0.6 is 11.6 Å².